The minimum atomic E-state index is -2.88. The molecule has 1 aliphatic rings. The number of rotatable bonds is 4. The van der Waals surface area contributed by atoms with Crippen LogP contribution in [0.2, 0.25) is 0 Å². The molecular weight excluding hydrogens is 264 g/mol. The molecule has 0 aliphatic heterocycles. The van der Waals surface area contributed by atoms with E-state index in [1.54, 1.807) is 6.07 Å². The number of benzene rings is 1. The van der Waals surface area contributed by atoms with Crippen molar-refractivity contribution in [2.45, 2.75) is 45.3 Å². The van der Waals surface area contributed by atoms with E-state index in [0.717, 1.165) is 19.3 Å². The van der Waals surface area contributed by atoms with Crippen LogP contribution in [0.5, 0.6) is 5.75 Å². The number of alkyl halides is 2. The summed E-state index contributed by atoms with van der Waals surface area (Å²) < 4.78 is 28.6. The van der Waals surface area contributed by atoms with Gasteiger partial charge in [-0.1, -0.05) is 25.8 Å². The van der Waals surface area contributed by atoms with Crippen molar-refractivity contribution >= 4 is 5.91 Å². The molecule has 0 heterocycles. The van der Waals surface area contributed by atoms with E-state index in [2.05, 4.69) is 17.0 Å². The Bertz CT molecular complexity index is 465. The number of hydrogen-bond acceptors (Lipinski definition) is 2. The molecule has 1 aliphatic carbocycles. The standard InChI is InChI=1S/C15H19F2NO2/c1-10-5-2-3-8-13(10)18-14(19)11-6-4-7-12(9-11)20-15(16)17/h4,6-7,9-10,13,15H,2-3,5,8H2,1H3,(H,18,19)/t10-,13-/m1/s1. The molecule has 3 nitrogen and oxygen atoms in total. The van der Waals surface area contributed by atoms with Crippen LogP contribution in [-0.2, 0) is 0 Å². The lowest BCUT2D eigenvalue weighted by Gasteiger charge is -2.29. The van der Waals surface area contributed by atoms with Crippen LogP contribution < -0.4 is 10.1 Å². The van der Waals surface area contributed by atoms with Crippen molar-refractivity contribution in [3.8, 4) is 5.75 Å². The first-order valence-corrected chi connectivity index (χ1v) is 6.92. The normalized spacial score (nSPS) is 22.6. The summed E-state index contributed by atoms with van der Waals surface area (Å²) in [6, 6.07) is 6.05. The maximum atomic E-state index is 12.2. The highest BCUT2D eigenvalue weighted by Crippen LogP contribution is 2.24. The summed E-state index contributed by atoms with van der Waals surface area (Å²) in [6.45, 7) is -0.757. The molecule has 1 saturated carbocycles. The Labute approximate surface area is 117 Å². The molecule has 1 aromatic carbocycles. The number of halogens is 2. The average molecular weight is 283 g/mol. The van der Waals surface area contributed by atoms with Crippen LogP contribution in [0, 0.1) is 5.92 Å². The van der Waals surface area contributed by atoms with E-state index in [0.29, 0.717) is 11.5 Å². The zero-order valence-electron chi connectivity index (χ0n) is 11.4. The third-order valence-corrected chi connectivity index (χ3v) is 3.75. The molecule has 0 unspecified atom stereocenters. The van der Waals surface area contributed by atoms with E-state index >= 15 is 0 Å². The van der Waals surface area contributed by atoms with E-state index in [4.69, 9.17) is 0 Å². The van der Waals surface area contributed by atoms with Crippen molar-refractivity contribution < 1.29 is 18.3 Å². The van der Waals surface area contributed by atoms with Crippen LogP contribution in [0.4, 0.5) is 8.78 Å². The Morgan fingerprint density at radius 2 is 2.10 bits per heavy atom. The number of nitrogens with one attached hydrogen (secondary N) is 1. The zero-order valence-corrected chi connectivity index (χ0v) is 11.4. The van der Waals surface area contributed by atoms with Crippen LogP contribution in [0.1, 0.15) is 43.0 Å². The van der Waals surface area contributed by atoms with Crippen molar-refractivity contribution in [2.24, 2.45) is 5.92 Å². The molecule has 20 heavy (non-hydrogen) atoms. The van der Waals surface area contributed by atoms with Gasteiger partial charge in [-0.3, -0.25) is 4.79 Å². The van der Waals surface area contributed by atoms with Gasteiger partial charge in [0.1, 0.15) is 5.75 Å². The molecule has 0 aromatic heterocycles. The molecule has 0 bridgehead atoms. The summed E-state index contributed by atoms with van der Waals surface area (Å²) in [6.07, 6.45) is 4.40. The third-order valence-electron chi connectivity index (χ3n) is 3.75. The second-order valence-corrected chi connectivity index (χ2v) is 5.25. The summed E-state index contributed by atoms with van der Waals surface area (Å²) in [4.78, 5) is 12.1. The van der Waals surface area contributed by atoms with Crippen LogP contribution in [0.15, 0.2) is 24.3 Å². The van der Waals surface area contributed by atoms with E-state index in [1.165, 1.54) is 24.6 Å². The number of hydrogen-bond donors (Lipinski definition) is 1. The van der Waals surface area contributed by atoms with E-state index in [1.807, 2.05) is 0 Å². The first-order chi connectivity index (χ1) is 9.56. The molecule has 5 heteroatoms. The molecule has 1 amide bonds. The molecule has 1 aromatic rings. The number of amides is 1. The highest BCUT2D eigenvalue weighted by Gasteiger charge is 2.23. The number of ether oxygens (including phenoxy) is 1. The van der Waals surface area contributed by atoms with Crippen molar-refractivity contribution in [3.05, 3.63) is 29.8 Å². The fourth-order valence-corrected chi connectivity index (χ4v) is 2.60. The number of carbonyl (C=O) groups excluding carboxylic acids is 1. The molecule has 0 spiro atoms. The van der Waals surface area contributed by atoms with Crippen molar-refractivity contribution in [1.29, 1.82) is 0 Å². The van der Waals surface area contributed by atoms with E-state index in [9.17, 15) is 13.6 Å². The average Bonchev–Trinajstić information content (AvgIpc) is 2.41. The fourth-order valence-electron chi connectivity index (χ4n) is 2.60. The maximum Gasteiger partial charge on any atom is 0.387 e. The van der Waals surface area contributed by atoms with Crippen LogP contribution in [0.25, 0.3) is 0 Å². The van der Waals surface area contributed by atoms with Crippen LogP contribution in [-0.4, -0.2) is 18.6 Å². The van der Waals surface area contributed by atoms with Crippen LogP contribution >= 0.6 is 0 Å². The van der Waals surface area contributed by atoms with Gasteiger partial charge in [0, 0.05) is 11.6 Å². The monoisotopic (exact) mass is 283 g/mol. The Balaban J connectivity index is 2.01. The lowest BCUT2D eigenvalue weighted by atomic mass is 9.86. The lowest BCUT2D eigenvalue weighted by Crippen LogP contribution is -2.41. The van der Waals surface area contributed by atoms with Gasteiger partial charge in [-0.05, 0) is 37.0 Å². The number of carbonyl (C=O) groups is 1. The Morgan fingerprint density at radius 1 is 1.35 bits per heavy atom. The predicted octanol–water partition coefficient (Wildman–Crippen LogP) is 3.60. The van der Waals surface area contributed by atoms with Gasteiger partial charge in [0.25, 0.3) is 5.91 Å². The summed E-state index contributed by atoms with van der Waals surface area (Å²) in [5, 5.41) is 2.98. The van der Waals surface area contributed by atoms with Gasteiger partial charge in [0.15, 0.2) is 0 Å². The first-order valence-electron chi connectivity index (χ1n) is 6.92. The Kier molecular flexibility index (Phi) is 4.93. The van der Waals surface area contributed by atoms with Gasteiger partial charge in [0.2, 0.25) is 0 Å². The summed E-state index contributed by atoms with van der Waals surface area (Å²) in [7, 11) is 0. The molecule has 1 N–H and O–H groups in total. The minimum Gasteiger partial charge on any atom is -0.435 e. The predicted molar refractivity (Wildman–Crippen MR) is 72.0 cm³/mol. The SMILES string of the molecule is C[C@@H]1CCCC[C@H]1NC(=O)c1cccc(OC(F)F)c1. The highest BCUT2D eigenvalue weighted by molar-refractivity contribution is 5.94. The Hall–Kier alpha value is -1.65. The summed E-state index contributed by atoms with van der Waals surface area (Å²) in [5.41, 5.74) is 0.348. The third kappa shape index (κ3) is 3.92. The van der Waals surface area contributed by atoms with Gasteiger partial charge in [-0.2, -0.15) is 8.78 Å². The molecular formula is C15H19F2NO2. The lowest BCUT2D eigenvalue weighted by molar-refractivity contribution is -0.0498. The van der Waals surface area contributed by atoms with Crippen molar-refractivity contribution in [1.82, 2.24) is 5.32 Å². The van der Waals surface area contributed by atoms with E-state index < -0.39 is 6.61 Å². The summed E-state index contributed by atoms with van der Waals surface area (Å²) in [5.74, 6) is 0.223. The molecule has 0 radical (unpaired) electrons. The van der Waals surface area contributed by atoms with Gasteiger partial charge in [-0.25, -0.2) is 0 Å². The summed E-state index contributed by atoms with van der Waals surface area (Å²) >= 11 is 0. The second kappa shape index (κ2) is 6.68. The van der Waals surface area contributed by atoms with Gasteiger partial charge >= 0.3 is 6.61 Å². The largest absolute Gasteiger partial charge is 0.435 e. The molecule has 1 fully saturated rings. The van der Waals surface area contributed by atoms with Crippen molar-refractivity contribution in [2.75, 3.05) is 0 Å². The second-order valence-electron chi connectivity index (χ2n) is 5.25. The first kappa shape index (κ1) is 14.8. The molecule has 2 rings (SSSR count). The Morgan fingerprint density at radius 3 is 2.80 bits per heavy atom. The highest BCUT2D eigenvalue weighted by atomic mass is 19.3. The molecule has 0 saturated heterocycles. The van der Waals surface area contributed by atoms with Gasteiger partial charge in [-0.15, -0.1) is 0 Å². The fraction of sp³-hybridized carbons (Fsp3) is 0.533. The van der Waals surface area contributed by atoms with Crippen LogP contribution in [0.3, 0.4) is 0 Å². The topological polar surface area (TPSA) is 38.3 Å². The quantitative estimate of drug-likeness (QED) is 0.917. The minimum absolute atomic E-state index is 0.00402. The smallest absolute Gasteiger partial charge is 0.387 e. The van der Waals surface area contributed by atoms with Crippen molar-refractivity contribution in [3.63, 3.8) is 0 Å². The molecule has 110 valence electrons. The zero-order chi connectivity index (χ0) is 14.5. The molecule has 2 atom stereocenters. The maximum absolute atomic E-state index is 12.2. The van der Waals surface area contributed by atoms with E-state index in [-0.39, 0.29) is 17.7 Å². The van der Waals surface area contributed by atoms with Gasteiger partial charge < -0.3 is 10.1 Å². The van der Waals surface area contributed by atoms with Gasteiger partial charge in [0.05, 0.1) is 0 Å².